The predicted octanol–water partition coefficient (Wildman–Crippen LogP) is 1.87. The molecule has 0 radical (unpaired) electrons. The van der Waals surface area contributed by atoms with Crippen molar-refractivity contribution < 1.29 is 9.90 Å². The van der Waals surface area contributed by atoms with Gasteiger partial charge in [0.15, 0.2) is 0 Å². The number of carboxylic acid groups (broad SMARTS) is 1. The normalized spacial score (nSPS) is 32.3. The Morgan fingerprint density at radius 3 is 2.75 bits per heavy atom. The van der Waals surface area contributed by atoms with Crippen LogP contribution < -0.4 is 0 Å². The number of nitrogens with one attached hydrogen (secondary N) is 1. The highest BCUT2D eigenvalue weighted by molar-refractivity contribution is 5.77. The van der Waals surface area contributed by atoms with Gasteiger partial charge in [-0.25, -0.2) is 4.98 Å². The monoisotopic (exact) mass is 332 g/mol. The van der Waals surface area contributed by atoms with Gasteiger partial charge in [-0.2, -0.15) is 0 Å². The molecule has 2 atom stereocenters. The van der Waals surface area contributed by atoms with Crippen molar-refractivity contribution in [3.63, 3.8) is 0 Å². The van der Waals surface area contributed by atoms with E-state index in [-0.39, 0.29) is 5.92 Å². The van der Waals surface area contributed by atoms with Gasteiger partial charge in [0.25, 0.3) is 0 Å². The number of hydrogen-bond acceptors (Lipinski definition) is 4. The molecule has 24 heavy (non-hydrogen) atoms. The van der Waals surface area contributed by atoms with Crippen molar-refractivity contribution in [3.8, 4) is 0 Å². The van der Waals surface area contributed by atoms with Gasteiger partial charge in [-0.1, -0.05) is 19.3 Å². The number of aromatic nitrogens is 2. The van der Waals surface area contributed by atoms with Gasteiger partial charge in [0, 0.05) is 50.4 Å². The van der Waals surface area contributed by atoms with Gasteiger partial charge < -0.3 is 10.1 Å². The van der Waals surface area contributed by atoms with Crippen molar-refractivity contribution >= 4 is 5.97 Å². The van der Waals surface area contributed by atoms with E-state index in [9.17, 15) is 9.90 Å². The number of aromatic amines is 1. The lowest BCUT2D eigenvalue weighted by Crippen LogP contribution is -2.43. The fourth-order valence-corrected chi connectivity index (χ4v) is 5.11. The molecular weight excluding hydrogens is 304 g/mol. The molecule has 1 aromatic rings. The van der Waals surface area contributed by atoms with Gasteiger partial charge in [-0.3, -0.25) is 14.6 Å². The minimum Gasteiger partial charge on any atom is -0.481 e. The van der Waals surface area contributed by atoms with Gasteiger partial charge in [0.2, 0.25) is 0 Å². The quantitative estimate of drug-likeness (QED) is 0.881. The topological polar surface area (TPSA) is 72.5 Å². The van der Waals surface area contributed by atoms with Gasteiger partial charge in [0.05, 0.1) is 17.4 Å². The Labute approximate surface area is 143 Å². The van der Waals surface area contributed by atoms with E-state index in [1.54, 1.807) is 6.33 Å². The molecular formula is C18H28N4O2. The van der Waals surface area contributed by atoms with Crippen molar-refractivity contribution in [2.75, 3.05) is 26.2 Å². The summed E-state index contributed by atoms with van der Waals surface area (Å²) in [6, 6.07) is 0.614. The summed E-state index contributed by atoms with van der Waals surface area (Å²) in [5.74, 6) is -0.358. The molecule has 3 fully saturated rings. The number of hydrogen-bond donors (Lipinski definition) is 2. The minimum absolute atomic E-state index is 0.246. The average molecular weight is 332 g/mol. The Hall–Kier alpha value is -1.40. The molecule has 6 heteroatoms. The summed E-state index contributed by atoms with van der Waals surface area (Å²) in [5.41, 5.74) is 1.54. The fraction of sp³-hybridized carbons (Fsp3) is 0.778. The predicted molar refractivity (Wildman–Crippen MR) is 90.6 cm³/mol. The van der Waals surface area contributed by atoms with Crippen LogP contribution in [-0.4, -0.2) is 63.1 Å². The number of aliphatic carboxylic acids is 1. The van der Waals surface area contributed by atoms with Crippen LogP contribution in [0.1, 0.15) is 43.5 Å². The molecule has 4 rings (SSSR count). The smallest absolute Gasteiger partial charge is 0.312 e. The molecule has 2 N–H and O–H groups in total. The van der Waals surface area contributed by atoms with Crippen LogP contribution >= 0.6 is 0 Å². The van der Waals surface area contributed by atoms with Crippen LogP contribution in [0.2, 0.25) is 0 Å². The molecule has 1 saturated carbocycles. The maximum absolute atomic E-state index is 12.2. The number of imidazole rings is 1. The zero-order valence-corrected chi connectivity index (χ0v) is 14.5. The number of nitrogens with zero attached hydrogens (tertiary/aromatic N) is 3. The van der Waals surface area contributed by atoms with Crippen LogP contribution in [0.3, 0.4) is 0 Å². The van der Waals surface area contributed by atoms with Gasteiger partial charge in [-0.05, 0) is 19.8 Å². The second kappa shape index (κ2) is 6.15. The standard InChI is InChI=1S/C18H28N4O2/c1-13-16(20-12-19-13)9-21-7-14-8-22(15-5-3-2-4-6-15)11-18(14,10-21)17(23)24/h12,14-15H,2-11H2,1H3,(H,19,20)(H,23,24)/t14-,18-/m0/s1. The summed E-state index contributed by atoms with van der Waals surface area (Å²) in [7, 11) is 0. The van der Waals surface area contributed by atoms with Crippen LogP contribution in [0.15, 0.2) is 6.33 Å². The summed E-state index contributed by atoms with van der Waals surface area (Å²) in [4.78, 5) is 24.4. The van der Waals surface area contributed by atoms with E-state index in [0.29, 0.717) is 12.6 Å². The van der Waals surface area contributed by atoms with Crippen molar-refractivity contribution in [1.29, 1.82) is 0 Å². The van der Waals surface area contributed by atoms with E-state index in [4.69, 9.17) is 0 Å². The number of fused-ring (bicyclic) bond motifs is 1. The van der Waals surface area contributed by atoms with Crippen LogP contribution in [0.4, 0.5) is 0 Å². The van der Waals surface area contributed by atoms with Crippen LogP contribution in [0, 0.1) is 18.3 Å². The maximum atomic E-state index is 12.2. The number of rotatable bonds is 4. The Morgan fingerprint density at radius 2 is 2.12 bits per heavy atom. The highest BCUT2D eigenvalue weighted by atomic mass is 16.4. The number of likely N-dealkylation sites (tertiary alicyclic amines) is 2. The second-order valence-electron chi connectivity index (χ2n) is 8.02. The van der Waals surface area contributed by atoms with Crippen molar-refractivity contribution in [3.05, 3.63) is 17.7 Å². The zero-order valence-electron chi connectivity index (χ0n) is 14.5. The summed E-state index contributed by atoms with van der Waals surface area (Å²) in [6.07, 6.45) is 8.16. The van der Waals surface area contributed by atoms with E-state index in [0.717, 1.165) is 37.6 Å². The second-order valence-corrected chi connectivity index (χ2v) is 8.02. The van der Waals surface area contributed by atoms with E-state index in [1.807, 2.05) is 6.92 Å². The highest BCUT2D eigenvalue weighted by Crippen LogP contribution is 2.45. The van der Waals surface area contributed by atoms with Crippen molar-refractivity contribution in [1.82, 2.24) is 19.8 Å². The Bertz CT molecular complexity index is 610. The molecule has 0 spiro atoms. The van der Waals surface area contributed by atoms with Gasteiger partial charge in [-0.15, -0.1) is 0 Å². The Kier molecular flexibility index (Phi) is 4.12. The first-order valence-electron chi connectivity index (χ1n) is 9.27. The van der Waals surface area contributed by atoms with E-state index in [2.05, 4.69) is 19.8 Å². The largest absolute Gasteiger partial charge is 0.481 e. The SMILES string of the molecule is Cc1[nH]cnc1CN1C[C@H]2CN(C3CCCCC3)C[C@@]2(C(=O)O)C1. The first kappa shape index (κ1) is 16.1. The third-order valence-corrected chi connectivity index (χ3v) is 6.53. The van der Waals surface area contributed by atoms with Gasteiger partial charge in [0.1, 0.15) is 0 Å². The van der Waals surface area contributed by atoms with Crippen LogP contribution in [0.25, 0.3) is 0 Å². The van der Waals surface area contributed by atoms with Crippen molar-refractivity contribution in [2.45, 2.75) is 51.6 Å². The summed E-state index contributed by atoms with van der Waals surface area (Å²) in [6.45, 7) is 5.99. The molecule has 2 saturated heterocycles. The third-order valence-electron chi connectivity index (χ3n) is 6.53. The molecule has 0 amide bonds. The number of aryl methyl sites for hydroxylation is 1. The number of H-pyrrole nitrogens is 1. The summed E-state index contributed by atoms with van der Waals surface area (Å²) >= 11 is 0. The lowest BCUT2D eigenvalue weighted by molar-refractivity contribution is -0.149. The molecule has 0 aromatic carbocycles. The highest BCUT2D eigenvalue weighted by Gasteiger charge is 2.58. The number of carboxylic acids is 1. The Morgan fingerprint density at radius 1 is 1.33 bits per heavy atom. The summed E-state index contributed by atoms with van der Waals surface area (Å²) in [5, 5.41) is 10.0. The van der Waals surface area contributed by atoms with Gasteiger partial charge >= 0.3 is 5.97 Å². The zero-order chi connectivity index (χ0) is 16.7. The number of carbonyl (C=O) groups is 1. The van der Waals surface area contributed by atoms with E-state index in [1.165, 1.54) is 32.1 Å². The first-order chi connectivity index (χ1) is 11.6. The molecule has 1 aromatic heterocycles. The molecule has 132 valence electrons. The van der Waals surface area contributed by atoms with E-state index < -0.39 is 11.4 Å². The molecule has 0 unspecified atom stereocenters. The molecule has 6 nitrogen and oxygen atoms in total. The van der Waals surface area contributed by atoms with Crippen LogP contribution in [0.5, 0.6) is 0 Å². The molecule has 2 aliphatic heterocycles. The van der Waals surface area contributed by atoms with Crippen LogP contribution in [-0.2, 0) is 11.3 Å². The Balaban J connectivity index is 1.47. The lowest BCUT2D eigenvalue weighted by Gasteiger charge is -2.33. The van der Waals surface area contributed by atoms with Crippen molar-refractivity contribution in [2.24, 2.45) is 11.3 Å². The molecule has 1 aliphatic carbocycles. The minimum atomic E-state index is -0.605. The molecule has 0 bridgehead atoms. The average Bonchev–Trinajstić information content (AvgIpc) is 3.22. The summed E-state index contributed by atoms with van der Waals surface area (Å²) < 4.78 is 0. The van der Waals surface area contributed by atoms with E-state index >= 15 is 0 Å². The lowest BCUT2D eigenvalue weighted by atomic mass is 9.81. The fourth-order valence-electron chi connectivity index (χ4n) is 5.11. The molecule has 3 heterocycles. The molecule has 3 aliphatic rings. The maximum Gasteiger partial charge on any atom is 0.312 e. The third kappa shape index (κ3) is 2.65. The first-order valence-corrected chi connectivity index (χ1v) is 9.27.